The van der Waals surface area contributed by atoms with Gasteiger partial charge in [0.2, 0.25) is 5.43 Å². The second-order valence-corrected chi connectivity index (χ2v) is 4.14. The highest BCUT2D eigenvalue weighted by molar-refractivity contribution is 6.04. The summed E-state index contributed by atoms with van der Waals surface area (Å²) in [4.78, 5) is 28.1. The molecule has 0 radical (unpaired) electrons. The van der Waals surface area contributed by atoms with Crippen LogP contribution in [0.4, 0.5) is 5.69 Å². The monoisotopic (exact) mass is 266 g/mol. The maximum atomic E-state index is 12.2. The van der Waals surface area contributed by atoms with Crippen LogP contribution in [-0.4, -0.2) is 21.1 Å². The molecule has 2 heterocycles. The number of hydrogen-bond acceptors (Lipinski definition) is 4. The first-order valence-electron chi connectivity index (χ1n) is 5.94. The van der Waals surface area contributed by atoms with Gasteiger partial charge in [-0.2, -0.15) is 5.10 Å². The molecule has 0 aliphatic heterocycles. The van der Waals surface area contributed by atoms with Crippen molar-refractivity contribution in [3.63, 3.8) is 0 Å². The zero-order valence-corrected chi connectivity index (χ0v) is 10.3. The number of hydrogen-bond donors (Lipinski definition) is 2. The third kappa shape index (κ3) is 2.14. The molecule has 0 saturated carbocycles. The topological polar surface area (TPSA) is 87.7 Å². The summed E-state index contributed by atoms with van der Waals surface area (Å²) in [6.45, 7) is 0. The summed E-state index contributed by atoms with van der Waals surface area (Å²) in [5.41, 5.74) is 0.587. The standard InChI is InChI=1S/C14H10N4O2/c19-13-10-3-1-2-4-11(10)17-18-12(13)14(20)16-9-5-7-15-8-6-9/h1-8H,(H,17,19)(H,15,16,20). The van der Waals surface area contributed by atoms with E-state index >= 15 is 0 Å². The molecule has 0 atom stereocenters. The van der Waals surface area contributed by atoms with Gasteiger partial charge < -0.3 is 5.32 Å². The number of carbonyl (C=O) groups is 1. The molecule has 0 aliphatic carbocycles. The fourth-order valence-electron chi connectivity index (χ4n) is 1.85. The van der Waals surface area contributed by atoms with Crippen molar-refractivity contribution in [1.82, 2.24) is 15.2 Å². The Labute approximate surface area is 113 Å². The van der Waals surface area contributed by atoms with Gasteiger partial charge in [0, 0.05) is 23.5 Å². The van der Waals surface area contributed by atoms with Crippen molar-refractivity contribution in [1.29, 1.82) is 0 Å². The van der Waals surface area contributed by atoms with Crippen LogP contribution in [0.3, 0.4) is 0 Å². The van der Waals surface area contributed by atoms with Crippen LogP contribution >= 0.6 is 0 Å². The summed E-state index contributed by atoms with van der Waals surface area (Å²) in [5, 5.41) is 9.58. The molecule has 1 aromatic carbocycles. The number of pyridine rings is 1. The molecule has 0 fully saturated rings. The number of anilines is 1. The molecule has 6 nitrogen and oxygen atoms in total. The lowest BCUT2D eigenvalue weighted by atomic mass is 10.2. The average Bonchev–Trinajstić information content (AvgIpc) is 2.49. The van der Waals surface area contributed by atoms with Crippen LogP contribution in [0.15, 0.2) is 53.6 Å². The summed E-state index contributed by atoms with van der Waals surface area (Å²) < 4.78 is 0. The van der Waals surface area contributed by atoms with Crippen LogP contribution in [0.1, 0.15) is 10.5 Å². The van der Waals surface area contributed by atoms with Crippen LogP contribution in [0.25, 0.3) is 10.9 Å². The Hall–Kier alpha value is -3.02. The van der Waals surface area contributed by atoms with Gasteiger partial charge in [-0.3, -0.25) is 19.7 Å². The van der Waals surface area contributed by atoms with Crippen molar-refractivity contribution in [3.05, 3.63) is 64.7 Å². The van der Waals surface area contributed by atoms with E-state index in [1.165, 1.54) is 0 Å². The number of aromatic nitrogens is 3. The Morgan fingerprint density at radius 2 is 1.85 bits per heavy atom. The van der Waals surface area contributed by atoms with E-state index < -0.39 is 11.3 Å². The fraction of sp³-hybridized carbons (Fsp3) is 0. The van der Waals surface area contributed by atoms with Gasteiger partial charge in [-0.05, 0) is 24.3 Å². The van der Waals surface area contributed by atoms with Gasteiger partial charge in [0.25, 0.3) is 5.91 Å². The average molecular weight is 266 g/mol. The minimum absolute atomic E-state index is 0.166. The second kappa shape index (κ2) is 4.93. The summed E-state index contributed by atoms with van der Waals surface area (Å²) in [7, 11) is 0. The molecule has 98 valence electrons. The molecule has 0 saturated heterocycles. The number of aromatic amines is 1. The zero-order chi connectivity index (χ0) is 13.9. The molecule has 1 amide bonds. The zero-order valence-electron chi connectivity index (χ0n) is 10.3. The van der Waals surface area contributed by atoms with Gasteiger partial charge in [-0.25, -0.2) is 0 Å². The first-order valence-corrected chi connectivity index (χ1v) is 5.94. The van der Waals surface area contributed by atoms with Crippen LogP contribution in [-0.2, 0) is 0 Å². The Balaban J connectivity index is 2.00. The van der Waals surface area contributed by atoms with E-state index in [4.69, 9.17) is 0 Å². The number of carbonyl (C=O) groups excluding carboxylic acids is 1. The SMILES string of the molecule is O=C(Nc1ccncc1)c1n[nH]c2ccccc2c1=O. The number of nitrogens with one attached hydrogen (secondary N) is 2. The minimum atomic E-state index is -0.553. The third-order valence-electron chi connectivity index (χ3n) is 2.83. The van der Waals surface area contributed by atoms with E-state index in [1.54, 1.807) is 48.8 Å². The molecule has 0 unspecified atom stereocenters. The van der Waals surface area contributed by atoms with E-state index in [0.717, 1.165) is 0 Å². The quantitative estimate of drug-likeness (QED) is 0.737. The molecule has 20 heavy (non-hydrogen) atoms. The Morgan fingerprint density at radius 1 is 1.10 bits per heavy atom. The maximum Gasteiger partial charge on any atom is 0.280 e. The molecule has 0 bridgehead atoms. The first-order chi connectivity index (χ1) is 9.75. The molecule has 2 aromatic heterocycles. The van der Waals surface area contributed by atoms with Crippen molar-refractivity contribution in [3.8, 4) is 0 Å². The predicted molar refractivity (Wildman–Crippen MR) is 74.6 cm³/mol. The second-order valence-electron chi connectivity index (χ2n) is 4.14. The van der Waals surface area contributed by atoms with Crippen LogP contribution in [0.5, 0.6) is 0 Å². The van der Waals surface area contributed by atoms with Crippen molar-refractivity contribution < 1.29 is 4.79 Å². The predicted octanol–water partition coefficient (Wildman–Crippen LogP) is 1.57. The number of amides is 1. The Morgan fingerprint density at radius 3 is 2.65 bits per heavy atom. The molecule has 0 aliphatic rings. The highest BCUT2D eigenvalue weighted by atomic mass is 16.2. The van der Waals surface area contributed by atoms with Gasteiger partial charge in [0.05, 0.1) is 5.52 Å². The van der Waals surface area contributed by atoms with Gasteiger partial charge in [0.15, 0.2) is 5.69 Å². The molecule has 6 heteroatoms. The van der Waals surface area contributed by atoms with Crippen LogP contribution < -0.4 is 10.7 Å². The molecule has 3 aromatic rings. The summed E-state index contributed by atoms with van der Waals surface area (Å²) in [6.07, 6.45) is 3.10. The smallest absolute Gasteiger partial charge is 0.280 e. The van der Waals surface area contributed by atoms with Gasteiger partial charge in [-0.1, -0.05) is 12.1 Å². The molecule has 3 rings (SSSR count). The molecular weight excluding hydrogens is 256 g/mol. The normalized spacial score (nSPS) is 10.4. The van der Waals surface area contributed by atoms with E-state index in [-0.39, 0.29) is 5.69 Å². The van der Waals surface area contributed by atoms with Gasteiger partial charge in [0.1, 0.15) is 0 Å². The van der Waals surface area contributed by atoms with Crippen molar-refractivity contribution in [2.45, 2.75) is 0 Å². The van der Waals surface area contributed by atoms with E-state index in [0.29, 0.717) is 16.6 Å². The lowest BCUT2D eigenvalue weighted by molar-refractivity contribution is 0.102. The molecule has 0 spiro atoms. The Bertz CT molecular complexity index is 827. The number of nitrogens with zero attached hydrogens (tertiary/aromatic N) is 2. The lowest BCUT2D eigenvalue weighted by Gasteiger charge is -2.04. The van der Waals surface area contributed by atoms with Crippen molar-refractivity contribution in [2.75, 3.05) is 5.32 Å². The Kier molecular flexibility index (Phi) is 2.96. The highest BCUT2D eigenvalue weighted by Gasteiger charge is 2.14. The van der Waals surface area contributed by atoms with E-state index in [1.807, 2.05) is 0 Å². The van der Waals surface area contributed by atoms with Crippen LogP contribution in [0.2, 0.25) is 0 Å². The lowest BCUT2D eigenvalue weighted by Crippen LogP contribution is -2.24. The first kappa shape index (κ1) is 12.0. The van der Waals surface area contributed by atoms with E-state index in [2.05, 4.69) is 20.5 Å². The van der Waals surface area contributed by atoms with Crippen LogP contribution in [0, 0.1) is 0 Å². The number of fused-ring (bicyclic) bond motifs is 1. The van der Waals surface area contributed by atoms with Gasteiger partial charge >= 0.3 is 0 Å². The number of para-hydroxylation sites is 1. The molecule has 2 N–H and O–H groups in total. The van der Waals surface area contributed by atoms with Crippen molar-refractivity contribution in [2.24, 2.45) is 0 Å². The van der Waals surface area contributed by atoms with Gasteiger partial charge in [-0.15, -0.1) is 0 Å². The summed E-state index contributed by atoms with van der Waals surface area (Å²) >= 11 is 0. The summed E-state index contributed by atoms with van der Waals surface area (Å²) in [6, 6.07) is 10.2. The largest absolute Gasteiger partial charge is 0.320 e. The van der Waals surface area contributed by atoms with E-state index in [9.17, 15) is 9.59 Å². The molecular formula is C14H10N4O2. The summed E-state index contributed by atoms with van der Waals surface area (Å²) in [5.74, 6) is -0.553. The third-order valence-corrected chi connectivity index (χ3v) is 2.83. The van der Waals surface area contributed by atoms with Crippen molar-refractivity contribution >= 4 is 22.5 Å². The number of benzene rings is 1. The number of H-pyrrole nitrogens is 1. The number of rotatable bonds is 2. The fourth-order valence-corrected chi connectivity index (χ4v) is 1.85. The highest BCUT2D eigenvalue weighted by Crippen LogP contribution is 2.07. The minimum Gasteiger partial charge on any atom is -0.320 e. The maximum absolute atomic E-state index is 12.2.